The van der Waals surface area contributed by atoms with E-state index >= 15 is 0 Å². The lowest BCUT2D eigenvalue weighted by Crippen LogP contribution is -2.53. The highest BCUT2D eigenvalue weighted by Gasteiger charge is 2.28. The van der Waals surface area contributed by atoms with Crippen LogP contribution < -0.4 is 10.6 Å². The van der Waals surface area contributed by atoms with Gasteiger partial charge in [-0.15, -0.1) is 0 Å². The Morgan fingerprint density at radius 1 is 1.04 bits per heavy atom. The number of aliphatic hydroxyl groups excluding tert-OH is 1. The first-order chi connectivity index (χ1) is 10.5. The molecule has 0 bridgehead atoms. The van der Waals surface area contributed by atoms with E-state index < -0.39 is 54.7 Å². The van der Waals surface area contributed by atoms with Gasteiger partial charge in [-0.3, -0.25) is 9.59 Å². The summed E-state index contributed by atoms with van der Waals surface area (Å²) in [6, 6.07) is -2.87. The summed E-state index contributed by atoms with van der Waals surface area (Å²) in [5.74, 6) is -3.60. The molecule has 0 fully saturated rings. The van der Waals surface area contributed by atoms with Crippen molar-refractivity contribution in [2.24, 2.45) is 0 Å². The molecule has 10 heteroatoms. The number of rotatable bonds is 8. The maximum Gasteiger partial charge on any atom is 0.408 e. The minimum atomic E-state index is -1.45. The number of alkyl carbamates (subject to hydrolysis) is 1. The molecule has 0 heterocycles. The number of carbonyl (C=O) groups excluding carboxylic acids is 2. The normalized spacial score (nSPS) is 13.6. The van der Waals surface area contributed by atoms with Crippen LogP contribution in [0.1, 0.15) is 33.6 Å². The highest BCUT2D eigenvalue weighted by molar-refractivity contribution is 5.89. The summed E-state index contributed by atoms with van der Waals surface area (Å²) >= 11 is 0. The van der Waals surface area contributed by atoms with Gasteiger partial charge in [-0.05, 0) is 27.2 Å². The fraction of sp³-hybridized carbons (Fsp3) is 0.692. The third-order valence-electron chi connectivity index (χ3n) is 2.45. The number of ether oxygens (including phenoxy) is 1. The molecule has 2 amide bonds. The molecule has 10 nitrogen and oxygen atoms in total. The third kappa shape index (κ3) is 9.30. The van der Waals surface area contributed by atoms with Gasteiger partial charge in [0.2, 0.25) is 5.91 Å². The predicted octanol–water partition coefficient (Wildman–Crippen LogP) is -0.694. The Morgan fingerprint density at radius 3 is 2.00 bits per heavy atom. The van der Waals surface area contributed by atoms with E-state index in [2.05, 4.69) is 10.6 Å². The third-order valence-corrected chi connectivity index (χ3v) is 2.45. The van der Waals surface area contributed by atoms with E-state index in [9.17, 15) is 19.2 Å². The van der Waals surface area contributed by atoms with E-state index in [1.165, 1.54) is 0 Å². The predicted molar refractivity (Wildman–Crippen MR) is 76.7 cm³/mol. The Labute approximate surface area is 132 Å². The van der Waals surface area contributed by atoms with Crippen LogP contribution in [0.25, 0.3) is 0 Å². The van der Waals surface area contributed by atoms with E-state index in [4.69, 9.17) is 20.1 Å². The second-order valence-electron chi connectivity index (χ2n) is 5.71. The van der Waals surface area contributed by atoms with Gasteiger partial charge >= 0.3 is 18.0 Å². The van der Waals surface area contributed by atoms with Crippen molar-refractivity contribution in [2.75, 3.05) is 6.61 Å². The molecule has 0 spiro atoms. The van der Waals surface area contributed by atoms with Crippen molar-refractivity contribution in [3.63, 3.8) is 0 Å². The topological polar surface area (TPSA) is 162 Å². The molecule has 0 rings (SSSR count). The maximum absolute atomic E-state index is 11.9. The number of hydrogen-bond donors (Lipinski definition) is 5. The molecule has 132 valence electrons. The average molecular weight is 334 g/mol. The van der Waals surface area contributed by atoms with Crippen molar-refractivity contribution in [1.82, 2.24) is 10.6 Å². The standard InChI is InChI=1S/C13H22N2O8/c1-13(2,3)23-12(22)15-8(6-16)10(19)14-7(11(20)21)4-5-9(17)18/h7-8,16H,4-6H2,1-3H3,(H,14,19)(H,15,22)(H,17,18)(H,20,21)/t7-,8+/m0/s1. The molecular weight excluding hydrogens is 312 g/mol. The zero-order valence-electron chi connectivity index (χ0n) is 13.2. The molecule has 0 aromatic carbocycles. The van der Waals surface area contributed by atoms with Gasteiger partial charge in [0.25, 0.3) is 0 Å². The van der Waals surface area contributed by atoms with Gasteiger partial charge in [-0.25, -0.2) is 9.59 Å². The smallest absolute Gasteiger partial charge is 0.408 e. The molecule has 0 saturated heterocycles. The molecule has 0 aliphatic carbocycles. The van der Waals surface area contributed by atoms with E-state index in [1.807, 2.05) is 0 Å². The number of aliphatic carboxylic acids is 2. The first kappa shape index (κ1) is 20.6. The summed E-state index contributed by atoms with van der Waals surface area (Å²) in [7, 11) is 0. The molecule has 0 aromatic heterocycles. The average Bonchev–Trinajstić information content (AvgIpc) is 2.37. The lowest BCUT2D eigenvalue weighted by molar-refractivity contribution is -0.143. The Kier molecular flexibility index (Phi) is 8.02. The molecule has 0 radical (unpaired) electrons. The van der Waals surface area contributed by atoms with Gasteiger partial charge in [0.1, 0.15) is 17.7 Å². The maximum atomic E-state index is 11.9. The van der Waals surface area contributed by atoms with Crippen LogP contribution >= 0.6 is 0 Å². The number of carboxylic acid groups (broad SMARTS) is 2. The van der Waals surface area contributed by atoms with Crippen molar-refractivity contribution in [3.8, 4) is 0 Å². The molecule has 0 aliphatic rings. The van der Waals surface area contributed by atoms with Gasteiger partial charge in [-0.1, -0.05) is 0 Å². The zero-order valence-corrected chi connectivity index (χ0v) is 13.2. The fourth-order valence-electron chi connectivity index (χ4n) is 1.44. The fourth-order valence-corrected chi connectivity index (χ4v) is 1.44. The molecule has 0 unspecified atom stereocenters. The lowest BCUT2D eigenvalue weighted by atomic mass is 10.1. The summed E-state index contributed by atoms with van der Waals surface area (Å²) in [4.78, 5) is 44.9. The monoisotopic (exact) mass is 334 g/mol. The summed E-state index contributed by atoms with van der Waals surface area (Å²) in [5, 5.41) is 30.8. The summed E-state index contributed by atoms with van der Waals surface area (Å²) in [6.45, 7) is 4.03. The van der Waals surface area contributed by atoms with Crippen molar-refractivity contribution >= 4 is 23.9 Å². The summed E-state index contributed by atoms with van der Waals surface area (Å²) in [5.41, 5.74) is -0.814. The van der Waals surface area contributed by atoms with Crippen molar-refractivity contribution in [3.05, 3.63) is 0 Å². The second kappa shape index (κ2) is 8.93. The van der Waals surface area contributed by atoms with E-state index in [-0.39, 0.29) is 6.42 Å². The van der Waals surface area contributed by atoms with Crippen LogP contribution in [-0.2, 0) is 19.1 Å². The van der Waals surface area contributed by atoms with Crippen LogP contribution in [0.15, 0.2) is 0 Å². The first-order valence-electron chi connectivity index (χ1n) is 6.81. The number of nitrogens with one attached hydrogen (secondary N) is 2. The molecule has 0 aliphatic heterocycles. The van der Waals surface area contributed by atoms with Crippen molar-refractivity contribution < 1.29 is 39.2 Å². The largest absolute Gasteiger partial charge is 0.481 e. The number of carbonyl (C=O) groups is 4. The Bertz CT molecular complexity index is 457. The van der Waals surface area contributed by atoms with Crippen molar-refractivity contribution in [2.45, 2.75) is 51.3 Å². The molecule has 5 N–H and O–H groups in total. The highest BCUT2D eigenvalue weighted by atomic mass is 16.6. The van der Waals surface area contributed by atoms with Gasteiger partial charge in [0.15, 0.2) is 0 Å². The van der Waals surface area contributed by atoms with Crippen molar-refractivity contribution in [1.29, 1.82) is 0 Å². The van der Waals surface area contributed by atoms with Crippen LogP contribution in [-0.4, -0.2) is 63.6 Å². The van der Waals surface area contributed by atoms with Gasteiger partial charge in [0.05, 0.1) is 6.61 Å². The first-order valence-corrected chi connectivity index (χ1v) is 6.81. The minimum Gasteiger partial charge on any atom is -0.481 e. The molecule has 2 atom stereocenters. The molecule has 0 saturated carbocycles. The Balaban J connectivity index is 4.70. The van der Waals surface area contributed by atoms with Crippen LogP contribution in [0.3, 0.4) is 0 Å². The number of carboxylic acids is 2. The number of amides is 2. The van der Waals surface area contributed by atoms with Crippen LogP contribution in [0.5, 0.6) is 0 Å². The SMILES string of the molecule is CC(C)(C)OC(=O)N[C@H](CO)C(=O)N[C@@H](CCC(=O)O)C(=O)O. The molecule has 23 heavy (non-hydrogen) atoms. The van der Waals surface area contributed by atoms with E-state index in [1.54, 1.807) is 20.8 Å². The lowest BCUT2D eigenvalue weighted by Gasteiger charge is -2.23. The van der Waals surface area contributed by atoms with Gasteiger partial charge < -0.3 is 30.7 Å². The highest BCUT2D eigenvalue weighted by Crippen LogP contribution is 2.07. The van der Waals surface area contributed by atoms with Gasteiger partial charge in [0, 0.05) is 6.42 Å². The van der Waals surface area contributed by atoms with Crippen LogP contribution in [0.4, 0.5) is 4.79 Å². The van der Waals surface area contributed by atoms with Crippen LogP contribution in [0, 0.1) is 0 Å². The summed E-state index contributed by atoms with van der Waals surface area (Å²) in [6.07, 6.45) is -1.74. The van der Waals surface area contributed by atoms with Gasteiger partial charge in [-0.2, -0.15) is 0 Å². The van der Waals surface area contributed by atoms with E-state index in [0.29, 0.717) is 0 Å². The van der Waals surface area contributed by atoms with E-state index in [0.717, 1.165) is 0 Å². The number of hydrogen-bond acceptors (Lipinski definition) is 6. The second-order valence-corrected chi connectivity index (χ2v) is 5.71. The zero-order chi connectivity index (χ0) is 18.2. The minimum absolute atomic E-state index is 0.332. The summed E-state index contributed by atoms with van der Waals surface area (Å²) < 4.78 is 4.92. The van der Waals surface area contributed by atoms with Crippen LogP contribution in [0.2, 0.25) is 0 Å². The number of aliphatic hydroxyl groups is 1. The molecular formula is C13H22N2O8. The molecule has 0 aromatic rings. The Hall–Kier alpha value is -2.36. The Morgan fingerprint density at radius 2 is 1.61 bits per heavy atom. The quantitative estimate of drug-likeness (QED) is 0.389.